The quantitative estimate of drug-likeness (QED) is 0.306. The van der Waals surface area contributed by atoms with Crippen LogP contribution in [0, 0.1) is 6.92 Å². The Morgan fingerprint density at radius 2 is 1.90 bits per heavy atom. The molecule has 4 rings (SSSR count). The van der Waals surface area contributed by atoms with E-state index in [1.807, 2.05) is 19.1 Å². The summed E-state index contributed by atoms with van der Waals surface area (Å²) in [6, 6.07) is 16.7. The van der Waals surface area contributed by atoms with Gasteiger partial charge in [-0.2, -0.15) is 0 Å². The van der Waals surface area contributed by atoms with Crippen LogP contribution in [0.15, 0.2) is 72.3 Å². The van der Waals surface area contributed by atoms with Gasteiger partial charge in [-0.1, -0.05) is 66.3 Å². The number of fused-ring (bicyclic) bond motifs is 1. The lowest BCUT2D eigenvalue weighted by atomic mass is 10.1. The lowest BCUT2D eigenvalue weighted by Crippen LogP contribution is -2.39. The SMILES string of the molecule is C/C=C\C=C1\C=c2nc(CCCc3ccc(OC(C)(C)C(=O)OCC)cc3)n(Cc3cccc(C)c3)c2=CC1. The van der Waals surface area contributed by atoms with Gasteiger partial charge in [-0.3, -0.25) is 0 Å². The van der Waals surface area contributed by atoms with Crippen LogP contribution in [0.3, 0.4) is 0 Å². The van der Waals surface area contributed by atoms with E-state index < -0.39 is 5.60 Å². The highest BCUT2D eigenvalue weighted by Gasteiger charge is 2.31. The molecule has 5 heteroatoms. The molecule has 1 aliphatic rings. The molecule has 0 aliphatic heterocycles. The van der Waals surface area contributed by atoms with E-state index in [0.717, 1.165) is 43.4 Å². The Hall–Kier alpha value is -3.86. The molecule has 0 N–H and O–H groups in total. The zero-order valence-electron chi connectivity index (χ0n) is 23.9. The number of imidazole rings is 1. The van der Waals surface area contributed by atoms with E-state index >= 15 is 0 Å². The summed E-state index contributed by atoms with van der Waals surface area (Å²) in [5, 5.41) is 2.28. The maximum atomic E-state index is 12.1. The van der Waals surface area contributed by atoms with Gasteiger partial charge in [0.25, 0.3) is 0 Å². The number of hydrogen-bond acceptors (Lipinski definition) is 4. The minimum Gasteiger partial charge on any atom is -0.476 e. The van der Waals surface area contributed by atoms with Crippen LogP contribution in [0.5, 0.6) is 5.75 Å². The smallest absolute Gasteiger partial charge is 0.349 e. The average molecular weight is 525 g/mol. The number of benzene rings is 2. The van der Waals surface area contributed by atoms with Crippen LogP contribution in [0.4, 0.5) is 0 Å². The predicted molar refractivity (Wildman–Crippen MR) is 158 cm³/mol. The van der Waals surface area contributed by atoms with E-state index in [1.165, 1.54) is 27.6 Å². The van der Waals surface area contributed by atoms with Crippen molar-refractivity contribution in [3.05, 3.63) is 106 Å². The summed E-state index contributed by atoms with van der Waals surface area (Å²) < 4.78 is 13.4. The lowest BCUT2D eigenvalue weighted by Gasteiger charge is -2.24. The first-order valence-corrected chi connectivity index (χ1v) is 13.9. The van der Waals surface area contributed by atoms with Gasteiger partial charge >= 0.3 is 5.97 Å². The molecule has 0 fully saturated rings. The van der Waals surface area contributed by atoms with Gasteiger partial charge in [0.2, 0.25) is 0 Å². The van der Waals surface area contributed by atoms with Gasteiger partial charge < -0.3 is 14.0 Å². The molecule has 1 heterocycles. The molecule has 0 atom stereocenters. The summed E-state index contributed by atoms with van der Waals surface area (Å²) in [5.41, 5.74) is 4.05. The molecule has 0 amide bonds. The van der Waals surface area contributed by atoms with Crippen molar-refractivity contribution in [1.29, 1.82) is 0 Å². The summed E-state index contributed by atoms with van der Waals surface area (Å²) in [6.07, 6.45) is 14.6. The Bertz CT molecular complexity index is 1470. The van der Waals surface area contributed by atoms with E-state index in [0.29, 0.717) is 12.4 Å². The van der Waals surface area contributed by atoms with Crippen molar-refractivity contribution in [3.8, 4) is 5.75 Å². The molecule has 1 aromatic heterocycles. The van der Waals surface area contributed by atoms with Crippen LogP contribution in [0.2, 0.25) is 0 Å². The van der Waals surface area contributed by atoms with Crippen LogP contribution >= 0.6 is 0 Å². The number of carbonyl (C=O) groups excluding carboxylic acids is 1. The van der Waals surface area contributed by atoms with Gasteiger partial charge in [-0.05, 0) is 88.8 Å². The standard InChI is InChI=1S/C34H40N2O3/c1-6-8-12-27-18-21-31-30(23-27)35-32(36(31)24-28-14-9-11-25(3)22-28)15-10-13-26-16-19-29(20-17-26)39-34(4,5)33(37)38-7-2/h6,8-9,11-12,14,16-17,19-23H,7,10,13,15,18,24H2,1-5H3/b8-6-,27-12+. The highest BCUT2D eigenvalue weighted by Crippen LogP contribution is 2.21. The molecule has 39 heavy (non-hydrogen) atoms. The second-order valence-electron chi connectivity index (χ2n) is 10.5. The molecule has 0 saturated carbocycles. The summed E-state index contributed by atoms with van der Waals surface area (Å²) in [6.45, 7) is 10.6. The van der Waals surface area contributed by atoms with E-state index in [9.17, 15) is 4.79 Å². The van der Waals surface area contributed by atoms with Crippen LogP contribution in [-0.4, -0.2) is 27.7 Å². The third kappa shape index (κ3) is 7.38. The lowest BCUT2D eigenvalue weighted by molar-refractivity contribution is -0.158. The van der Waals surface area contributed by atoms with Crippen molar-refractivity contribution in [2.75, 3.05) is 6.61 Å². The van der Waals surface area contributed by atoms with Crippen molar-refractivity contribution in [3.63, 3.8) is 0 Å². The molecule has 0 saturated heterocycles. The molecule has 0 spiro atoms. The number of esters is 1. The predicted octanol–water partition coefficient (Wildman–Crippen LogP) is 5.60. The fraction of sp³-hybridized carbons (Fsp3) is 0.353. The van der Waals surface area contributed by atoms with Crippen LogP contribution in [0.1, 0.15) is 63.1 Å². The van der Waals surface area contributed by atoms with E-state index in [4.69, 9.17) is 14.5 Å². The van der Waals surface area contributed by atoms with E-state index in [2.05, 4.69) is 78.3 Å². The molecule has 1 aliphatic carbocycles. The van der Waals surface area contributed by atoms with E-state index in [-0.39, 0.29) is 5.97 Å². The fourth-order valence-corrected chi connectivity index (χ4v) is 4.82. The van der Waals surface area contributed by atoms with Gasteiger partial charge in [-0.15, -0.1) is 0 Å². The normalized spacial score (nSPS) is 14.1. The second-order valence-corrected chi connectivity index (χ2v) is 10.5. The third-order valence-corrected chi connectivity index (χ3v) is 6.82. The number of rotatable bonds is 11. The summed E-state index contributed by atoms with van der Waals surface area (Å²) in [5.74, 6) is 1.42. The maximum Gasteiger partial charge on any atom is 0.349 e. The summed E-state index contributed by atoms with van der Waals surface area (Å²) >= 11 is 0. The number of ether oxygens (including phenoxy) is 2. The minimum atomic E-state index is -1.03. The monoisotopic (exact) mass is 524 g/mol. The molecule has 3 aromatic rings. The first kappa shape index (κ1) is 28.2. The molecule has 204 valence electrons. The van der Waals surface area contributed by atoms with E-state index in [1.54, 1.807) is 20.8 Å². The second kappa shape index (κ2) is 12.8. The Morgan fingerprint density at radius 3 is 2.62 bits per heavy atom. The first-order chi connectivity index (χ1) is 18.8. The van der Waals surface area contributed by atoms with Crippen molar-refractivity contribution < 1.29 is 14.3 Å². The van der Waals surface area contributed by atoms with Crippen molar-refractivity contribution in [1.82, 2.24) is 9.55 Å². The van der Waals surface area contributed by atoms with Crippen LogP contribution < -0.4 is 15.4 Å². The number of carbonyl (C=O) groups is 1. The number of nitrogens with zero attached hydrogens (tertiary/aromatic N) is 2. The topological polar surface area (TPSA) is 53.4 Å². The highest BCUT2D eigenvalue weighted by molar-refractivity contribution is 5.79. The Morgan fingerprint density at radius 1 is 1.10 bits per heavy atom. The number of aromatic nitrogens is 2. The molecule has 0 unspecified atom stereocenters. The number of allylic oxidation sites excluding steroid dienone is 4. The molecule has 5 nitrogen and oxygen atoms in total. The summed E-state index contributed by atoms with van der Waals surface area (Å²) in [4.78, 5) is 17.2. The zero-order chi connectivity index (χ0) is 27.8. The minimum absolute atomic E-state index is 0.334. The van der Waals surface area contributed by atoms with Crippen LogP contribution in [0.25, 0.3) is 12.2 Å². The molecular formula is C34H40N2O3. The van der Waals surface area contributed by atoms with Crippen molar-refractivity contribution in [2.45, 2.75) is 72.4 Å². The fourth-order valence-electron chi connectivity index (χ4n) is 4.82. The van der Waals surface area contributed by atoms with Crippen LogP contribution in [-0.2, 0) is 28.9 Å². The van der Waals surface area contributed by atoms with Gasteiger partial charge in [0.05, 0.1) is 17.3 Å². The maximum absolute atomic E-state index is 12.1. The Labute approximate surface area is 232 Å². The largest absolute Gasteiger partial charge is 0.476 e. The highest BCUT2D eigenvalue weighted by atomic mass is 16.6. The third-order valence-electron chi connectivity index (χ3n) is 6.82. The molecular weight excluding hydrogens is 484 g/mol. The Kier molecular flexibility index (Phi) is 9.23. The number of aryl methyl sites for hydroxylation is 3. The van der Waals surface area contributed by atoms with Gasteiger partial charge in [-0.25, -0.2) is 9.78 Å². The molecule has 0 radical (unpaired) electrons. The van der Waals surface area contributed by atoms with Gasteiger partial charge in [0.15, 0.2) is 5.60 Å². The summed E-state index contributed by atoms with van der Waals surface area (Å²) in [7, 11) is 0. The van der Waals surface area contributed by atoms with Crippen molar-refractivity contribution in [2.24, 2.45) is 0 Å². The van der Waals surface area contributed by atoms with Gasteiger partial charge in [0, 0.05) is 13.0 Å². The first-order valence-electron chi connectivity index (χ1n) is 13.9. The van der Waals surface area contributed by atoms with Gasteiger partial charge in [0.1, 0.15) is 11.6 Å². The van der Waals surface area contributed by atoms with Crippen molar-refractivity contribution >= 4 is 18.1 Å². The number of hydrogen-bond donors (Lipinski definition) is 0. The molecule has 0 bridgehead atoms. The molecule has 2 aromatic carbocycles. The Balaban J connectivity index is 1.48. The average Bonchev–Trinajstić information content (AvgIpc) is 3.24. The zero-order valence-corrected chi connectivity index (χ0v) is 23.9.